The summed E-state index contributed by atoms with van der Waals surface area (Å²) in [6, 6.07) is 0. The molecule has 0 saturated carbocycles. The van der Waals surface area contributed by atoms with Crippen molar-refractivity contribution in [2.75, 3.05) is 0 Å². The highest BCUT2D eigenvalue weighted by Gasteiger charge is 3.02. The van der Waals surface area contributed by atoms with Crippen LogP contribution < -0.4 is 24.6 Å². The molecule has 120 heavy (non-hydrogen) atoms. The van der Waals surface area contributed by atoms with E-state index in [0.29, 0.717) is 0 Å². The number of hydrogen-bond donors (Lipinski definition) is 8. The first kappa shape index (κ1) is 130. The molecule has 0 aliphatic rings. The van der Waals surface area contributed by atoms with E-state index >= 15 is 0 Å². The van der Waals surface area contributed by atoms with Crippen LogP contribution in [-0.4, -0.2) is 240 Å². The molecule has 0 aromatic rings. The van der Waals surface area contributed by atoms with Crippen LogP contribution in [0, 0.1) is 0 Å². The monoisotopic (exact) mass is 2070 g/mol. The van der Waals surface area contributed by atoms with Crippen LogP contribution in [0.15, 0.2) is 0 Å². The quantitative estimate of drug-likeness (QED) is 0.0266. The van der Waals surface area contributed by atoms with Crippen LogP contribution in [-0.2, 0) is 40.5 Å². The number of rotatable bonds is 28. The third-order valence-electron chi connectivity index (χ3n) is 12.1. The van der Waals surface area contributed by atoms with Gasteiger partial charge in [0.05, 0.1) is 0 Å². The summed E-state index contributed by atoms with van der Waals surface area (Å²) in [6.07, 6.45) is -31.5. The van der Waals surface area contributed by atoms with E-state index in [0.717, 1.165) is 0 Å². The Morgan fingerprint density at radius 3 is 0.208 bits per heavy atom. The molecule has 0 rings (SSSR count). The van der Waals surface area contributed by atoms with E-state index in [4.69, 9.17) is 18.2 Å². The molecule has 16 nitrogen and oxygen atoms in total. The lowest BCUT2D eigenvalue weighted by Crippen LogP contribution is -2.74. The van der Waals surface area contributed by atoms with Gasteiger partial charge in [0.25, 0.3) is 0 Å². The second kappa shape index (κ2) is 32.5. The van der Waals surface area contributed by atoms with Gasteiger partial charge in [-0.2, -0.15) is 332 Å². The van der Waals surface area contributed by atoms with Gasteiger partial charge >= 0.3 is 228 Å². The minimum atomic E-state index is -8.89. The van der Waals surface area contributed by atoms with Crippen LogP contribution >= 0.6 is 0 Å². The number of halogens is 68. The maximum atomic E-state index is 13.0. The maximum Gasteiger partial charge on any atom is 0.460 e. The molecule has 0 atom stereocenters. The Kier molecular flexibility index (Phi) is 35.3. The zero-order chi connectivity index (χ0) is 98.0. The first-order chi connectivity index (χ1) is 48.0. The van der Waals surface area contributed by atoms with Crippen LogP contribution in [0.1, 0.15) is 0 Å². The lowest BCUT2D eigenvalue weighted by molar-refractivity contribution is -0.458. The summed E-state index contributed by atoms with van der Waals surface area (Å²) in [7, 11) is -31.6. The summed E-state index contributed by atoms with van der Waals surface area (Å²) in [4.78, 5) is 0. The summed E-state index contributed by atoms with van der Waals surface area (Å²) >= 11 is 0. The van der Waals surface area contributed by atoms with E-state index in [1.165, 1.54) is 0 Å². The van der Waals surface area contributed by atoms with Crippen molar-refractivity contribution in [1.82, 2.24) is 24.6 Å². The molecule has 0 amide bonds. The van der Waals surface area contributed by atoms with E-state index in [1.807, 2.05) is 0 Å². The fourth-order valence-electron chi connectivity index (χ4n) is 5.25. The Bertz CT molecular complexity index is 3460. The van der Waals surface area contributed by atoms with Gasteiger partial charge in [-0.3, -0.25) is 18.2 Å². The number of hydrogen-bond acceptors (Lipinski definition) is 12. The van der Waals surface area contributed by atoms with Crippen molar-refractivity contribution in [3.05, 3.63) is 0 Å². The summed E-state index contributed by atoms with van der Waals surface area (Å²) < 4.78 is 970. The van der Waals surface area contributed by atoms with Gasteiger partial charge in [-0.25, -0.2) is 0 Å². The Morgan fingerprint density at radius 2 is 0.158 bits per heavy atom. The van der Waals surface area contributed by atoms with Gasteiger partial charge in [-0.05, 0) is 0 Å². The molecule has 0 bridgehead atoms. The lowest BCUT2D eigenvalue weighted by atomic mass is 9.91. The van der Waals surface area contributed by atoms with Crippen molar-refractivity contribution in [3.63, 3.8) is 0 Å². The predicted molar refractivity (Wildman–Crippen MR) is 229 cm³/mol. The zero-order valence-corrected chi connectivity index (χ0v) is 54.5. The van der Waals surface area contributed by atoms with Gasteiger partial charge in [-0.1, -0.05) is 0 Å². The molecule has 0 aromatic heterocycles. The van der Waals surface area contributed by atoms with Crippen LogP contribution in [0.5, 0.6) is 0 Å². The summed E-state index contributed by atoms with van der Waals surface area (Å²) in [5.41, 5.74) is 0. The van der Waals surface area contributed by atoms with Crippen molar-refractivity contribution in [2.24, 2.45) is 0 Å². The molecule has 0 saturated heterocycles. The zero-order valence-electron chi connectivity index (χ0n) is 51.2. The van der Waals surface area contributed by atoms with Crippen molar-refractivity contribution >= 4 is 40.5 Å². The Morgan fingerprint density at radius 1 is 0.108 bits per heavy atom. The average molecular weight is 2070 g/mol. The van der Waals surface area contributed by atoms with Gasteiger partial charge in [-0.15, -0.1) is 0 Å². The number of alkyl halides is 68. The Balaban J connectivity index is -0.000000230. The molecule has 16 N–H and O–H groups in total. The summed E-state index contributed by atoms with van der Waals surface area (Å²) in [5, 5.41) is -31.4. The first-order valence-electron chi connectivity index (χ1n) is 22.7. The summed E-state index contributed by atoms with van der Waals surface area (Å²) in [5.74, 6) is -208. The highest BCUT2D eigenvalue weighted by Crippen LogP contribution is 2.70. The van der Waals surface area contributed by atoms with E-state index in [1.54, 1.807) is 0 Å². The molecule has 736 valence electrons. The van der Waals surface area contributed by atoms with E-state index in [-0.39, 0.29) is 24.6 Å². The van der Waals surface area contributed by atoms with Gasteiger partial charge in [0.2, 0.25) is 0 Å². The molecular formula is C32H16F68N4O12S4. The molecule has 0 fully saturated rings. The van der Waals surface area contributed by atoms with E-state index < -0.39 is 228 Å². The SMILES string of the molecule is N.N.N.N.O=S(=O)(O)C(F)(F)C(F)(F)C(F)(F)C(F)(F)C(F)(F)C(F)(F)C(F)(F)C(F)(F)F.O=S(=O)(O)C(F)(F)C(F)(F)C(F)(F)C(F)(F)C(F)(F)C(F)(F)C(F)(F)C(F)(F)F.O=S(=O)(O)C(F)(F)C(F)(F)C(F)(F)C(F)(F)C(F)(F)C(F)(F)C(F)(F)C(F)(F)F.O=S(=O)(O)C(F)(F)C(F)(F)C(F)(F)C(F)(F)C(F)(F)C(F)(F)C(F)(F)C(F)(F)F. The fraction of sp³-hybridized carbons (Fsp3) is 1.00. The molecule has 0 aromatic carbocycles. The third-order valence-corrected chi connectivity index (χ3v) is 15.7. The van der Waals surface area contributed by atoms with Crippen molar-refractivity contribution in [3.8, 4) is 0 Å². The van der Waals surface area contributed by atoms with Crippen LogP contribution in [0.25, 0.3) is 0 Å². The molecule has 0 aliphatic carbocycles. The second-order valence-electron chi connectivity index (χ2n) is 19.7. The fourth-order valence-corrected chi connectivity index (χ4v) is 7.05. The van der Waals surface area contributed by atoms with Gasteiger partial charge in [0.15, 0.2) is 0 Å². The molecule has 0 heterocycles. The highest BCUT2D eigenvalue weighted by molar-refractivity contribution is 7.87. The molecular weight excluding hydrogens is 2050 g/mol. The second-order valence-corrected chi connectivity index (χ2v) is 25.6. The largest absolute Gasteiger partial charge is 0.460 e. The van der Waals surface area contributed by atoms with Gasteiger partial charge < -0.3 is 24.6 Å². The highest BCUT2D eigenvalue weighted by atomic mass is 32.2. The molecule has 0 spiro atoms. The average Bonchev–Trinajstić information content (AvgIpc) is 0.703. The topological polar surface area (TPSA) is 357 Å². The van der Waals surface area contributed by atoms with E-state index in [9.17, 15) is 332 Å². The molecule has 0 radical (unpaired) electrons. The van der Waals surface area contributed by atoms with Crippen LogP contribution in [0.3, 0.4) is 0 Å². The molecule has 0 unspecified atom stereocenters. The predicted octanol–water partition coefficient (Wildman–Crippen LogP) is 20.0. The van der Waals surface area contributed by atoms with E-state index in [2.05, 4.69) is 0 Å². The molecule has 0 aliphatic heterocycles. The van der Waals surface area contributed by atoms with Crippen molar-refractivity contribution in [1.29, 1.82) is 0 Å². The molecule has 88 heteroatoms. The summed E-state index contributed by atoms with van der Waals surface area (Å²) in [6.45, 7) is 0. The lowest BCUT2D eigenvalue weighted by Gasteiger charge is -2.42. The van der Waals surface area contributed by atoms with Crippen LogP contribution in [0.4, 0.5) is 299 Å². The third kappa shape index (κ3) is 17.6. The smallest absolute Gasteiger partial charge is 0.344 e. The minimum absolute atomic E-state index is 0. The van der Waals surface area contributed by atoms with Crippen LogP contribution in [0.2, 0.25) is 0 Å². The Hall–Kier alpha value is -5.28. The Labute approximate surface area is 603 Å². The normalized spacial score (nSPS) is 16.3. The van der Waals surface area contributed by atoms with Gasteiger partial charge in [0, 0.05) is 0 Å². The minimum Gasteiger partial charge on any atom is -0.344 e. The first-order valence-corrected chi connectivity index (χ1v) is 28.5. The maximum absolute atomic E-state index is 13.0. The van der Waals surface area contributed by atoms with Crippen molar-refractivity contribution in [2.45, 2.75) is 188 Å². The van der Waals surface area contributed by atoms with Gasteiger partial charge in [0.1, 0.15) is 0 Å². The van der Waals surface area contributed by atoms with Crippen molar-refractivity contribution < 1.29 is 350 Å². The standard InChI is InChI=1S/4C8HF17O3S.4H3N/c4*9-1(10,3(13,14)5(17,18)7(21,22)23)2(11,12)4(15,16)6(19,20)8(24,25)29(26,27)28;;;;/h4*(H,26,27,28);4*1H3.